The summed E-state index contributed by atoms with van der Waals surface area (Å²) < 4.78 is 30.1. The second-order valence-electron chi connectivity index (χ2n) is 6.22. The molecule has 0 saturated heterocycles. The number of aliphatic carboxylic acids is 1. The maximum absolute atomic E-state index is 14.7. The number of pyridine rings is 1. The van der Waals surface area contributed by atoms with Gasteiger partial charge in [-0.1, -0.05) is 30.3 Å². The summed E-state index contributed by atoms with van der Waals surface area (Å²) in [5.41, 5.74) is -1.99. The fourth-order valence-corrected chi connectivity index (χ4v) is 3.05. The van der Waals surface area contributed by atoms with Crippen LogP contribution in [0.15, 0.2) is 41.2 Å². The van der Waals surface area contributed by atoms with Gasteiger partial charge in [-0.05, 0) is 11.6 Å². The normalized spacial score (nSPS) is 11.0. The smallest absolute Gasteiger partial charge is 0.303 e. The van der Waals surface area contributed by atoms with E-state index in [2.05, 4.69) is 0 Å². The average molecular weight is 387 g/mol. The zero-order valence-electron chi connectivity index (χ0n) is 14.7. The lowest BCUT2D eigenvalue weighted by molar-refractivity contribution is -0.136. The Hall–Kier alpha value is -3.55. The molecule has 28 heavy (non-hydrogen) atoms. The van der Waals surface area contributed by atoms with Crippen molar-refractivity contribution in [1.82, 2.24) is 4.57 Å². The monoisotopic (exact) mass is 387 g/mol. The molecule has 0 bridgehead atoms. The molecule has 6 nitrogen and oxygen atoms in total. The minimum absolute atomic E-state index is 0.150. The summed E-state index contributed by atoms with van der Waals surface area (Å²) >= 11 is 0. The van der Waals surface area contributed by atoms with Crippen LogP contribution in [0.2, 0.25) is 0 Å². The number of hydrogen-bond donors (Lipinski definition) is 2. The number of benzene rings is 2. The quantitative estimate of drug-likeness (QED) is 0.655. The first-order valence-electron chi connectivity index (χ1n) is 8.28. The van der Waals surface area contributed by atoms with Gasteiger partial charge in [-0.25, -0.2) is 8.78 Å². The van der Waals surface area contributed by atoms with Crippen LogP contribution in [0, 0.1) is 11.6 Å². The minimum Gasteiger partial charge on any atom is -0.506 e. The van der Waals surface area contributed by atoms with Gasteiger partial charge >= 0.3 is 5.97 Å². The Morgan fingerprint density at radius 2 is 1.71 bits per heavy atom. The Balaban J connectivity index is 2.33. The molecule has 3 aromatic rings. The van der Waals surface area contributed by atoms with Crippen molar-refractivity contribution in [2.45, 2.75) is 12.8 Å². The number of carboxylic acid groups (broad SMARTS) is 1. The highest BCUT2D eigenvalue weighted by molar-refractivity contribution is 6.05. The minimum atomic E-state index is -1.34. The largest absolute Gasteiger partial charge is 0.506 e. The molecule has 0 aliphatic rings. The van der Waals surface area contributed by atoms with Crippen LogP contribution in [0.4, 0.5) is 8.78 Å². The molecule has 0 amide bonds. The fraction of sp³-hybridized carbons (Fsp3) is 0.150. The van der Waals surface area contributed by atoms with Crippen LogP contribution in [0.1, 0.15) is 23.2 Å². The van der Waals surface area contributed by atoms with Crippen LogP contribution in [0.3, 0.4) is 0 Å². The molecule has 8 heteroatoms. The Morgan fingerprint density at radius 1 is 1.07 bits per heavy atom. The number of rotatable bonds is 5. The third kappa shape index (κ3) is 3.13. The Kier molecular flexibility index (Phi) is 4.96. The van der Waals surface area contributed by atoms with E-state index in [1.807, 2.05) is 0 Å². The molecule has 0 aliphatic carbocycles. The molecule has 144 valence electrons. The molecule has 0 spiro atoms. The lowest BCUT2D eigenvalue weighted by Crippen LogP contribution is -2.26. The highest BCUT2D eigenvalue weighted by Gasteiger charge is 2.26. The Bertz CT molecular complexity index is 1170. The van der Waals surface area contributed by atoms with Crippen molar-refractivity contribution in [2.24, 2.45) is 7.05 Å². The number of aromatic nitrogens is 1. The zero-order chi connectivity index (χ0) is 20.6. The van der Waals surface area contributed by atoms with Crippen molar-refractivity contribution >= 4 is 22.7 Å². The average Bonchev–Trinajstić information content (AvgIpc) is 2.67. The van der Waals surface area contributed by atoms with E-state index in [4.69, 9.17) is 5.11 Å². The molecule has 2 N–H and O–H groups in total. The number of hydrogen-bond acceptors (Lipinski definition) is 4. The van der Waals surface area contributed by atoms with Crippen LogP contribution < -0.4 is 5.56 Å². The van der Waals surface area contributed by atoms with E-state index in [0.29, 0.717) is 5.56 Å². The first kappa shape index (κ1) is 19.2. The molecule has 0 saturated carbocycles. The predicted octanol–water partition coefficient (Wildman–Crippen LogP) is 3.24. The van der Waals surface area contributed by atoms with Gasteiger partial charge in [0.25, 0.3) is 5.56 Å². The molecular formula is C20H15F2NO5. The summed E-state index contributed by atoms with van der Waals surface area (Å²) in [5, 5.41) is 19.0. The van der Waals surface area contributed by atoms with Gasteiger partial charge in [-0.3, -0.25) is 14.4 Å². The topological polar surface area (TPSA) is 96.6 Å². The van der Waals surface area contributed by atoms with Crippen molar-refractivity contribution in [3.8, 4) is 16.9 Å². The number of halogens is 2. The van der Waals surface area contributed by atoms with E-state index in [9.17, 15) is 28.3 Å². The molecule has 2 aromatic carbocycles. The number of aromatic hydroxyl groups is 1. The van der Waals surface area contributed by atoms with E-state index in [0.717, 1.165) is 17.7 Å². The maximum Gasteiger partial charge on any atom is 0.303 e. The number of Topliss-reactive ketones (excluding diaryl/α,β-unsaturated/α-hetero) is 1. The molecule has 1 heterocycles. The summed E-state index contributed by atoms with van der Waals surface area (Å²) in [5.74, 6) is -5.48. The van der Waals surface area contributed by atoms with Crippen LogP contribution in [0.5, 0.6) is 5.75 Å². The summed E-state index contributed by atoms with van der Waals surface area (Å²) in [6.07, 6.45) is -1.05. The van der Waals surface area contributed by atoms with Gasteiger partial charge in [-0.15, -0.1) is 0 Å². The number of ketones is 1. The lowest BCUT2D eigenvalue weighted by Gasteiger charge is -2.14. The molecule has 3 rings (SSSR count). The summed E-state index contributed by atoms with van der Waals surface area (Å²) in [6.45, 7) is 0. The maximum atomic E-state index is 14.7. The van der Waals surface area contributed by atoms with Crippen LogP contribution in [-0.4, -0.2) is 26.5 Å². The molecule has 0 radical (unpaired) electrons. The van der Waals surface area contributed by atoms with E-state index in [1.165, 1.54) is 0 Å². The van der Waals surface area contributed by atoms with Gasteiger partial charge in [0.05, 0.1) is 11.9 Å². The van der Waals surface area contributed by atoms with Gasteiger partial charge < -0.3 is 14.8 Å². The first-order chi connectivity index (χ1) is 13.2. The van der Waals surface area contributed by atoms with E-state index < -0.39 is 58.6 Å². The third-order valence-electron chi connectivity index (χ3n) is 4.46. The first-order valence-corrected chi connectivity index (χ1v) is 8.28. The highest BCUT2D eigenvalue weighted by Crippen LogP contribution is 2.35. The summed E-state index contributed by atoms with van der Waals surface area (Å²) in [6, 6.07) is 9.19. The second kappa shape index (κ2) is 7.22. The highest BCUT2D eigenvalue weighted by atomic mass is 19.2. The van der Waals surface area contributed by atoms with Crippen molar-refractivity contribution in [2.75, 3.05) is 0 Å². The summed E-state index contributed by atoms with van der Waals surface area (Å²) in [7, 11) is 1.14. The SMILES string of the molecule is Cn1c(=O)c(C(=O)CCC(=O)O)c(O)c2cc(-c3ccccc3)c(F)c(F)c21. The number of carboxylic acids is 1. The number of carbonyl (C=O) groups is 2. The summed E-state index contributed by atoms with van der Waals surface area (Å²) in [4.78, 5) is 35.4. The molecular weight excluding hydrogens is 372 g/mol. The van der Waals surface area contributed by atoms with Crippen LogP contribution >= 0.6 is 0 Å². The van der Waals surface area contributed by atoms with Crippen LogP contribution in [-0.2, 0) is 11.8 Å². The number of carbonyl (C=O) groups excluding carboxylic acids is 1. The second-order valence-corrected chi connectivity index (χ2v) is 6.22. The van der Waals surface area contributed by atoms with Crippen LogP contribution in [0.25, 0.3) is 22.0 Å². The van der Waals surface area contributed by atoms with Crippen molar-refractivity contribution in [3.05, 3.63) is 63.9 Å². The van der Waals surface area contributed by atoms with Gasteiger partial charge in [0.15, 0.2) is 17.4 Å². The standard InChI is InChI=1S/C20H15F2NO5/c1-23-18-12(19(27)15(20(23)28)13(24)7-8-14(25)26)9-11(16(21)17(18)22)10-5-3-2-4-6-10/h2-6,9,27H,7-8H2,1H3,(H,25,26). The number of aryl methyl sites for hydroxylation is 1. The van der Waals surface area contributed by atoms with Crippen molar-refractivity contribution in [1.29, 1.82) is 0 Å². The van der Waals surface area contributed by atoms with Crippen molar-refractivity contribution < 1.29 is 28.6 Å². The molecule has 0 atom stereocenters. The van der Waals surface area contributed by atoms with E-state index in [1.54, 1.807) is 30.3 Å². The molecule has 0 aliphatic heterocycles. The zero-order valence-corrected chi connectivity index (χ0v) is 14.7. The number of nitrogens with zero attached hydrogens (tertiary/aromatic N) is 1. The third-order valence-corrected chi connectivity index (χ3v) is 4.46. The number of fused-ring (bicyclic) bond motifs is 1. The molecule has 0 unspecified atom stereocenters. The van der Waals surface area contributed by atoms with E-state index >= 15 is 0 Å². The van der Waals surface area contributed by atoms with Gasteiger partial charge in [0, 0.05) is 24.4 Å². The van der Waals surface area contributed by atoms with Gasteiger partial charge in [0.1, 0.15) is 11.3 Å². The Labute approximate surface area is 157 Å². The van der Waals surface area contributed by atoms with Crippen molar-refractivity contribution in [3.63, 3.8) is 0 Å². The fourth-order valence-electron chi connectivity index (χ4n) is 3.05. The Morgan fingerprint density at radius 3 is 2.32 bits per heavy atom. The van der Waals surface area contributed by atoms with Gasteiger partial charge in [-0.2, -0.15) is 0 Å². The van der Waals surface area contributed by atoms with E-state index in [-0.39, 0.29) is 10.9 Å². The predicted molar refractivity (Wildman–Crippen MR) is 97.4 cm³/mol. The molecule has 0 fully saturated rings. The van der Waals surface area contributed by atoms with Gasteiger partial charge in [0.2, 0.25) is 0 Å². The lowest BCUT2D eigenvalue weighted by atomic mass is 9.98. The molecule has 1 aromatic heterocycles.